The van der Waals surface area contributed by atoms with Crippen molar-refractivity contribution in [2.45, 2.75) is 13.0 Å². The zero-order valence-electron chi connectivity index (χ0n) is 11.4. The van der Waals surface area contributed by atoms with E-state index in [1.54, 1.807) is 0 Å². The second kappa shape index (κ2) is 5.64. The lowest BCUT2D eigenvalue weighted by Crippen LogP contribution is -2.15. The van der Waals surface area contributed by atoms with Crippen LogP contribution in [0.25, 0.3) is 11.0 Å². The molecule has 2 N–H and O–H groups in total. The van der Waals surface area contributed by atoms with E-state index < -0.39 is 4.92 Å². The highest BCUT2D eigenvalue weighted by Crippen LogP contribution is 2.13. The van der Waals surface area contributed by atoms with Crippen LogP contribution in [0.5, 0.6) is 0 Å². The number of carbonyl (C=O) groups is 1. The monoisotopic (exact) mass is 300 g/mol. The molecular formula is C13H12N6O3. The van der Waals surface area contributed by atoms with Crippen molar-refractivity contribution in [1.29, 1.82) is 0 Å². The molecule has 112 valence electrons. The van der Waals surface area contributed by atoms with E-state index in [1.807, 2.05) is 24.3 Å². The fraction of sp³-hybridized carbons (Fsp3) is 0.154. The number of nitrogens with one attached hydrogen (secondary N) is 2. The van der Waals surface area contributed by atoms with E-state index in [0.717, 1.165) is 17.2 Å². The van der Waals surface area contributed by atoms with Crippen LogP contribution < -0.4 is 5.32 Å². The summed E-state index contributed by atoms with van der Waals surface area (Å²) in [6.45, 7) is 0.250. The van der Waals surface area contributed by atoms with Gasteiger partial charge in [0.2, 0.25) is 11.9 Å². The number of aromatic amines is 1. The van der Waals surface area contributed by atoms with Crippen LogP contribution in [0.2, 0.25) is 0 Å². The molecule has 3 aromatic rings. The van der Waals surface area contributed by atoms with Gasteiger partial charge < -0.3 is 4.98 Å². The Morgan fingerprint density at radius 3 is 2.95 bits per heavy atom. The number of nitro groups is 1. The Kier molecular flexibility index (Phi) is 3.52. The maximum atomic E-state index is 11.9. The summed E-state index contributed by atoms with van der Waals surface area (Å²) in [6, 6.07) is 7.43. The Hall–Kier alpha value is -3.23. The summed E-state index contributed by atoms with van der Waals surface area (Å²) in [6.07, 6.45) is 2.57. The van der Waals surface area contributed by atoms with Crippen molar-refractivity contribution in [3.8, 4) is 0 Å². The van der Waals surface area contributed by atoms with Crippen molar-refractivity contribution >= 4 is 28.6 Å². The molecule has 0 aliphatic carbocycles. The quantitative estimate of drug-likeness (QED) is 0.549. The van der Waals surface area contributed by atoms with Gasteiger partial charge in [0.05, 0.1) is 16.0 Å². The van der Waals surface area contributed by atoms with Crippen LogP contribution >= 0.6 is 0 Å². The third kappa shape index (κ3) is 2.92. The topological polar surface area (TPSA) is 119 Å². The van der Waals surface area contributed by atoms with E-state index in [1.165, 1.54) is 10.9 Å². The number of hydrogen-bond donors (Lipinski definition) is 2. The number of para-hydroxylation sites is 2. The summed E-state index contributed by atoms with van der Waals surface area (Å²) in [5.74, 6) is 0.120. The van der Waals surface area contributed by atoms with Gasteiger partial charge in [-0.2, -0.15) is 5.10 Å². The lowest BCUT2D eigenvalue weighted by molar-refractivity contribution is -0.385. The van der Waals surface area contributed by atoms with Gasteiger partial charge >= 0.3 is 5.69 Å². The van der Waals surface area contributed by atoms with Crippen LogP contribution in [-0.4, -0.2) is 30.6 Å². The molecule has 0 radical (unpaired) electrons. The number of H-pyrrole nitrogens is 1. The van der Waals surface area contributed by atoms with Crippen molar-refractivity contribution in [2.75, 3.05) is 5.32 Å². The number of rotatable bonds is 5. The summed E-state index contributed by atoms with van der Waals surface area (Å²) in [5.41, 5.74) is 1.50. The normalized spacial score (nSPS) is 10.7. The molecule has 0 spiro atoms. The van der Waals surface area contributed by atoms with E-state index in [-0.39, 0.29) is 24.6 Å². The number of carbonyl (C=O) groups excluding carboxylic acids is 1. The van der Waals surface area contributed by atoms with Gasteiger partial charge in [-0.3, -0.25) is 24.9 Å². The number of aryl methyl sites for hydroxylation is 1. The van der Waals surface area contributed by atoms with Crippen molar-refractivity contribution < 1.29 is 9.72 Å². The van der Waals surface area contributed by atoms with Gasteiger partial charge in [0.1, 0.15) is 12.4 Å². The van der Waals surface area contributed by atoms with Crippen molar-refractivity contribution in [3.05, 3.63) is 46.8 Å². The SMILES string of the molecule is O=C(CCn1cc([N+](=O)[O-])cn1)Nc1nc2ccccc2[nH]1. The zero-order chi connectivity index (χ0) is 15.5. The second-order valence-corrected chi connectivity index (χ2v) is 4.62. The van der Waals surface area contributed by atoms with Gasteiger partial charge in [0.15, 0.2) is 0 Å². The van der Waals surface area contributed by atoms with Crippen molar-refractivity contribution in [1.82, 2.24) is 19.7 Å². The Labute approximate surface area is 124 Å². The van der Waals surface area contributed by atoms with Crippen LogP contribution in [0.15, 0.2) is 36.7 Å². The Morgan fingerprint density at radius 1 is 1.41 bits per heavy atom. The fourth-order valence-corrected chi connectivity index (χ4v) is 1.99. The standard InChI is InChI=1S/C13H12N6O3/c20-12(5-6-18-8-9(7-14-18)19(21)22)17-13-15-10-3-1-2-4-11(10)16-13/h1-4,7-8H,5-6H2,(H2,15,16,17,20). The number of aromatic nitrogens is 4. The van der Waals surface area contributed by atoms with E-state index in [0.29, 0.717) is 5.95 Å². The van der Waals surface area contributed by atoms with Gasteiger partial charge in [-0.15, -0.1) is 0 Å². The number of hydrogen-bond acceptors (Lipinski definition) is 5. The highest BCUT2D eigenvalue weighted by atomic mass is 16.6. The molecule has 9 nitrogen and oxygen atoms in total. The lowest BCUT2D eigenvalue weighted by Gasteiger charge is -2.01. The molecule has 1 amide bonds. The summed E-state index contributed by atoms with van der Waals surface area (Å²) in [7, 11) is 0. The molecule has 0 aliphatic heterocycles. The minimum absolute atomic E-state index is 0.0994. The predicted octanol–water partition coefficient (Wildman–Crippen LogP) is 1.70. The highest BCUT2D eigenvalue weighted by Gasteiger charge is 2.11. The third-order valence-electron chi connectivity index (χ3n) is 3.05. The Balaban J connectivity index is 1.58. The molecule has 2 aromatic heterocycles. The summed E-state index contributed by atoms with van der Waals surface area (Å²) < 4.78 is 1.36. The van der Waals surface area contributed by atoms with Crippen LogP contribution in [0, 0.1) is 10.1 Å². The van der Waals surface area contributed by atoms with E-state index >= 15 is 0 Å². The molecule has 0 fully saturated rings. The Bertz CT molecular complexity index is 804. The second-order valence-electron chi connectivity index (χ2n) is 4.62. The average molecular weight is 300 g/mol. The van der Waals surface area contributed by atoms with Crippen LogP contribution in [-0.2, 0) is 11.3 Å². The number of benzene rings is 1. The molecule has 3 rings (SSSR count). The number of amides is 1. The van der Waals surface area contributed by atoms with Gasteiger partial charge in [0, 0.05) is 13.0 Å². The average Bonchev–Trinajstić information content (AvgIpc) is 3.11. The maximum Gasteiger partial charge on any atom is 0.306 e. The van der Waals surface area contributed by atoms with Gasteiger partial charge in [-0.05, 0) is 12.1 Å². The number of nitrogens with zero attached hydrogens (tertiary/aromatic N) is 4. The number of fused-ring (bicyclic) bond motifs is 1. The predicted molar refractivity (Wildman–Crippen MR) is 78.2 cm³/mol. The zero-order valence-corrected chi connectivity index (χ0v) is 11.4. The first-order valence-corrected chi connectivity index (χ1v) is 6.53. The fourth-order valence-electron chi connectivity index (χ4n) is 1.99. The minimum atomic E-state index is -0.530. The molecule has 0 saturated heterocycles. The first-order chi connectivity index (χ1) is 10.6. The molecule has 22 heavy (non-hydrogen) atoms. The highest BCUT2D eigenvalue weighted by molar-refractivity contribution is 5.90. The summed E-state index contributed by atoms with van der Waals surface area (Å²) in [4.78, 5) is 29.1. The van der Waals surface area contributed by atoms with Crippen molar-refractivity contribution in [3.63, 3.8) is 0 Å². The lowest BCUT2D eigenvalue weighted by atomic mass is 10.3. The van der Waals surface area contributed by atoms with E-state index in [2.05, 4.69) is 20.4 Å². The van der Waals surface area contributed by atoms with Crippen molar-refractivity contribution in [2.24, 2.45) is 0 Å². The molecule has 0 aliphatic rings. The minimum Gasteiger partial charge on any atom is -0.324 e. The van der Waals surface area contributed by atoms with Gasteiger partial charge in [-0.25, -0.2) is 4.98 Å². The first kappa shape index (κ1) is 13.7. The molecule has 9 heteroatoms. The molecule has 0 bridgehead atoms. The molecule has 0 saturated carbocycles. The number of anilines is 1. The van der Waals surface area contributed by atoms with E-state index in [4.69, 9.17) is 0 Å². The summed E-state index contributed by atoms with van der Waals surface area (Å²) >= 11 is 0. The van der Waals surface area contributed by atoms with Crippen LogP contribution in [0.1, 0.15) is 6.42 Å². The van der Waals surface area contributed by atoms with Gasteiger partial charge in [-0.1, -0.05) is 12.1 Å². The Morgan fingerprint density at radius 2 is 2.23 bits per heavy atom. The van der Waals surface area contributed by atoms with Crippen LogP contribution in [0.3, 0.4) is 0 Å². The van der Waals surface area contributed by atoms with Gasteiger partial charge in [0.25, 0.3) is 0 Å². The first-order valence-electron chi connectivity index (χ1n) is 6.53. The number of imidazole rings is 1. The molecule has 0 unspecified atom stereocenters. The molecular weight excluding hydrogens is 288 g/mol. The smallest absolute Gasteiger partial charge is 0.306 e. The molecule has 1 aromatic carbocycles. The maximum absolute atomic E-state index is 11.9. The van der Waals surface area contributed by atoms with E-state index in [9.17, 15) is 14.9 Å². The molecule has 0 atom stereocenters. The third-order valence-corrected chi connectivity index (χ3v) is 3.05. The summed E-state index contributed by atoms with van der Waals surface area (Å²) in [5, 5.41) is 17.0. The molecule has 2 heterocycles. The largest absolute Gasteiger partial charge is 0.324 e. The van der Waals surface area contributed by atoms with Crippen LogP contribution in [0.4, 0.5) is 11.6 Å².